The zero-order chi connectivity index (χ0) is 7.28. The van der Waals surface area contributed by atoms with Crippen molar-refractivity contribution in [2.75, 3.05) is 0 Å². The fourth-order valence-corrected chi connectivity index (χ4v) is 0.329. The quantitative estimate of drug-likeness (QED) is 0.413. The van der Waals surface area contributed by atoms with Crippen LogP contribution < -0.4 is 0 Å². The largest absolute Gasteiger partial charge is 0.303 e. The van der Waals surface area contributed by atoms with Crippen LogP contribution in [0.2, 0.25) is 0 Å². The summed E-state index contributed by atoms with van der Waals surface area (Å²) >= 11 is 0. The second-order valence-electron chi connectivity index (χ2n) is 1.75. The first-order valence-electron chi connectivity index (χ1n) is 2.65. The highest BCUT2D eigenvalue weighted by atomic mass is 16.1. The Morgan fingerprint density at radius 1 is 1.67 bits per heavy atom. The number of carbonyl (C=O) groups excluding carboxylic acids is 2. The van der Waals surface area contributed by atoms with Gasteiger partial charge in [-0.1, -0.05) is 6.58 Å². The van der Waals surface area contributed by atoms with Crippen LogP contribution in [0.4, 0.5) is 0 Å². The van der Waals surface area contributed by atoms with Crippen molar-refractivity contribution in [1.82, 2.24) is 0 Å². The molecule has 0 rings (SSSR count). The maximum absolute atomic E-state index is 10.6. The van der Waals surface area contributed by atoms with Gasteiger partial charge in [-0.2, -0.15) is 0 Å². The highest BCUT2D eigenvalue weighted by Gasteiger charge is 1.99. The molecule has 2 heteroatoms. The van der Waals surface area contributed by atoms with E-state index in [1.807, 2.05) is 0 Å². The first kappa shape index (κ1) is 8.08. The van der Waals surface area contributed by atoms with E-state index < -0.39 is 0 Å². The van der Waals surface area contributed by atoms with E-state index in [1.54, 1.807) is 6.92 Å². The number of allylic oxidation sites excluding steroid dienone is 1. The summed E-state index contributed by atoms with van der Waals surface area (Å²) in [5.41, 5.74) is 0.469. The molecule has 0 aromatic carbocycles. The molecule has 2 nitrogen and oxygen atoms in total. The predicted molar refractivity (Wildman–Crippen MR) is 34.8 cm³/mol. The van der Waals surface area contributed by atoms with Gasteiger partial charge in [-0.05, 0) is 12.5 Å². The normalized spacial score (nSPS) is 8.56. The molecule has 0 heterocycles. The van der Waals surface area contributed by atoms with E-state index in [4.69, 9.17) is 0 Å². The van der Waals surface area contributed by atoms with E-state index in [0.29, 0.717) is 11.9 Å². The van der Waals surface area contributed by atoms with Crippen molar-refractivity contribution >= 4 is 12.1 Å². The van der Waals surface area contributed by atoms with E-state index in [2.05, 4.69) is 6.58 Å². The van der Waals surface area contributed by atoms with Gasteiger partial charge in [0.25, 0.3) is 0 Å². The lowest BCUT2D eigenvalue weighted by Crippen LogP contribution is -1.98. The molecular formula is C7H9O2. The van der Waals surface area contributed by atoms with Crippen LogP contribution in [-0.4, -0.2) is 12.1 Å². The van der Waals surface area contributed by atoms with Crippen molar-refractivity contribution in [1.29, 1.82) is 0 Å². The van der Waals surface area contributed by atoms with Crippen LogP contribution >= 0.6 is 0 Å². The molecule has 0 aromatic rings. The third-order valence-electron chi connectivity index (χ3n) is 0.820. The van der Waals surface area contributed by atoms with Gasteiger partial charge >= 0.3 is 0 Å². The third kappa shape index (κ3) is 3.64. The van der Waals surface area contributed by atoms with Gasteiger partial charge in [0, 0.05) is 12.8 Å². The van der Waals surface area contributed by atoms with Crippen LogP contribution in [0.3, 0.4) is 0 Å². The van der Waals surface area contributed by atoms with Crippen molar-refractivity contribution in [2.24, 2.45) is 0 Å². The Balaban J connectivity index is 3.51. The first-order chi connectivity index (χ1) is 4.18. The summed E-state index contributed by atoms with van der Waals surface area (Å²) in [5.74, 6) is -0.151. The lowest BCUT2D eigenvalue weighted by Gasteiger charge is -1.91. The van der Waals surface area contributed by atoms with Gasteiger partial charge in [-0.3, -0.25) is 4.79 Å². The molecule has 0 fully saturated rings. The number of carbonyl (C=O) groups is 2. The molecule has 0 amide bonds. The summed E-state index contributed by atoms with van der Waals surface area (Å²) < 4.78 is 0. The molecule has 9 heavy (non-hydrogen) atoms. The maximum Gasteiger partial charge on any atom is 0.162 e. The molecule has 0 aromatic heterocycles. The molecule has 0 unspecified atom stereocenters. The van der Waals surface area contributed by atoms with Crippen LogP contribution in [0.1, 0.15) is 13.3 Å². The second-order valence-corrected chi connectivity index (χ2v) is 1.75. The number of aldehydes is 1. The molecular weight excluding hydrogens is 116 g/mol. The van der Waals surface area contributed by atoms with Gasteiger partial charge < -0.3 is 4.79 Å². The van der Waals surface area contributed by atoms with Gasteiger partial charge in [0.15, 0.2) is 5.78 Å². The first-order valence-corrected chi connectivity index (χ1v) is 2.65. The molecule has 49 valence electrons. The number of hydrogen-bond donors (Lipinski definition) is 0. The van der Waals surface area contributed by atoms with Gasteiger partial charge in [0.1, 0.15) is 6.29 Å². The Morgan fingerprint density at radius 2 is 2.22 bits per heavy atom. The number of Topliss-reactive ketones (excluding diaryl/α,β-unsaturated/α-hetero) is 1. The number of ketones is 1. The van der Waals surface area contributed by atoms with Crippen molar-refractivity contribution < 1.29 is 9.59 Å². The van der Waals surface area contributed by atoms with Gasteiger partial charge in [-0.15, -0.1) is 0 Å². The molecule has 0 spiro atoms. The second kappa shape index (κ2) is 4.01. The lowest BCUT2D eigenvalue weighted by atomic mass is 10.1. The molecule has 0 aliphatic rings. The Labute approximate surface area is 54.6 Å². The monoisotopic (exact) mass is 125 g/mol. The van der Waals surface area contributed by atoms with E-state index >= 15 is 0 Å². The zero-order valence-corrected chi connectivity index (χ0v) is 5.39. The summed E-state index contributed by atoms with van der Waals surface area (Å²) in [6, 6.07) is 0. The predicted octanol–water partition coefficient (Wildman–Crippen LogP) is 0.925. The van der Waals surface area contributed by atoms with Crippen LogP contribution in [-0.2, 0) is 9.59 Å². The topological polar surface area (TPSA) is 34.1 Å². The van der Waals surface area contributed by atoms with Crippen molar-refractivity contribution in [3.63, 3.8) is 0 Å². The summed E-state index contributed by atoms with van der Waals surface area (Å²) in [6.45, 7) is 5.03. The third-order valence-corrected chi connectivity index (χ3v) is 0.820. The maximum atomic E-state index is 10.6. The molecule has 0 saturated carbocycles. The average Bonchev–Trinajstić information content (AvgIpc) is 1.82. The smallest absolute Gasteiger partial charge is 0.162 e. The van der Waals surface area contributed by atoms with Gasteiger partial charge in [-0.25, -0.2) is 0 Å². The molecule has 0 aliphatic carbocycles. The van der Waals surface area contributed by atoms with Crippen LogP contribution in [0.15, 0.2) is 12.2 Å². The molecule has 0 bridgehead atoms. The average molecular weight is 125 g/mol. The molecule has 0 saturated heterocycles. The standard InChI is InChI=1S/C7H9O2/c1-6(2)7(9)4-3-5-8/h4-5H,1,3H2,2H3. The Morgan fingerprint density at radius 3 is 2.56 bits per heavy atom. The van der Waals surface area contributed by atoms with Crippen molar-refractivity contribution in [3.05, 3.63) is 18.6 Å². The van der Waals surface area contributed by atoms with Crippen LogP contribution in [0.5, 0.6) is 0 Å². The van der Waals surface area contributed by atoms with E-state index in [9.17, 15) is 9.59 Å². The molecule has 1 radical (unpaired) electrons. The highest BCUT2D eigenvalue weighted by molar-refractivity contribution is 6.01. The molecule has 0 aliphatic heterocycles. The fraction of sp³-hybridized carbons (Fsp3) is 0.286. The highest BCUT2D eigenvalue weighted by Crippen LogP contribution is 1.94. The summed E-state index contributed by atoms with van der Waals surface area (Å²) in [6.07, 6.45) is 2.18. The summed E-state index contributed by atoms with van der Waals surface area (Å²) in [7, 11) is 0. The van der Waals surface area contributed by atoms with Crippen LogP contribution in [0, 0.1) is 6.42 Å². The number of hydrogen-bond acceptors (Lipinski definition) is 2. The van der Waals surface area contributed by atoms with Gasteiger partial charge in [0.2, 0.25) is 0 Å². The van der Waals surface area contributed by atoms with E-state index in [-0.39, 0.29) is 12.2 Å². The molecule has 0 N–H and O–H groups in total. The van der Waals surface area contributed by atoms with Crippen LogP contribution in [0.25, 0.3) is 0 Å². The van der Waals surface area contributed by atoms with E-state index in [1.165, 1.54) is 6.42 Å². The minimum atomic E-state index is -0.151. The lowest BCUT2D eigenvalue weighted by molar-refractivity contribution is -0.114. The minimum Gasteiger partial charge on any atom is -0.303 e. The van der Waals surface area contributed by atoms with E-state index in [0.717, 1.165) is 0 Å². The fourth-order valence-electron chi connectivity index (χ4n) is 0.329. The summed E-state index contributed by atoms with van der Waals surface area (Å²) in [4.78, 5) is 20.3. The SMILES string of the molecule is C=C(C)C(=O)[CH]CC=O. The minimum absolute atomic E-state index is 0.151. The zero-order valence-electron chi connectivity index (χ0n) is 5.39. The summed E-state index contributed by atoms with van der Waals surface area (Å²) in [5, 5.41) is 0. The van der Waals surface area contributed by atoms with Gasteiger partial charge in [0.05, 0.1) is 0 Å². The number of rotatable bonds is 4. The Kier molecular flexibility index (Phi) is 3.60. The Hall–Kier alpha value is -0.920. The Bertz CT molecular complexity index is 136. The molecule has 0 atom stereocenters. The van der Waals surface area contributed by atoms with Crippen molar-refractivity contribution in [2.45, 2.75) is 13.3 Å². The van der Waals surface area contributed by atoms with Crippen molar-refractivity contribution in [3.8, 4) is 0 Å².